The fourth-order valence-corrected chi connectivity index (χ4v) is 2.58. The third-order valence-corrected chi connectivity index (χ3v) is 3.76. The number of aryl methyl sites for hydroxylation is 1. The van der Waals surface area contributed by atoms with E-state index in [-0.39, 0.29) is 17.5 Å². The predicted molar refractivity (Wildman–Crippen MR) is 107 cm³/mol. The van der Waals surface area contributed by atoms with Gasteiger partial charge >= 0.3 is 0 Å². The molecule has 2 N–H and O–H groups in total. The van der Waals surface area contributed by atoms with E-state index in [1.807, 2.05) is 38.1 Å². The number of hydrogen-bond acceptors (Lipinski definition) is 5. The zero-order valence-corrected chi connectivity index (χ0v) is 16.2. The van der Waals surface area contributed by atoms with Gasteiger partial charge in [-0.15, -0.1) is 0 Å². The topological polar surface area (TPSA) is 76.1 Å². The van der Waals surface area contributed by atoms with E-state index >= 15 is 0 Å². The fourth-order valence-electron chi connectivity index (χ4n) is 2.58. The summed E-state index contributed by atoms with van der Waals surface area (Å²) in [5, 5.41) is 5.62. The number of rotatable bonds is 6. The van der Waals surface area contributed by atoms with Crippen LogP contribution in [0.15, 0.2) is 48.5 Å². The Bertz CT molecular complexity index is 1040. The van der Waals surface area contributed by atoms with Crippen LogP contribution in [0.5, 0.6) is 5.75 Å². The van der Waals surface area contributed by atoms with Crippen molar-refractivity contribution < 1.29 is 18.3 Å². The minimum absolute atomic E-state index is 0.0115. The van der Waals surface area contributed by atoms with Crippen molar-refractivity contribution in [2.75, 3.05) is 10.6 Å². The second-order valence-electron chi connectivity index (χ2n) is 6.56. The summed E-state index contributed by atoms with van der Waals surface area (Å²) >= 11 is 0. The number of anilines is 3. The van der Waals surface area contributed by atoms with Crippen LogP contribution in [0.4, 0.5) is 26.0 Å². The van der Waals surface area contributed by atoms with Crippen LogP contribution in [0.3, 0.4) is 0 Å². The average molecular weight is 398 g/mol. The molecule has 3 aromatic rings. The van der Waals surface area contributed by atoms with Gasteiger partial charge in [-0.25, -0.2) is 18.7 Å². The number of aromatic nitrogens is 2. The Balaban J connectivity index is 1.83. The molecule has 0 bridgehead atoms. The van der Waals surface area contributed by atoms with Gasteiger partial charge < -0.3 is 15.4 Å². The summed E-state index contributed by atoms with van der Waals surface area (Å²) in [6.07, 6.45) is -0.0115. The molecule has 150 valence electrons. The highest BCUT2D eigenvalue weighted by atomic mass is 19.2. The summed E-state index contributed by atoms with van der Waals surface area (Å²) in [5.41, 5.74) is 0.883. The lowest BCUT2D eigenvalue weighted by molar-refractivity contribution is 0.102. The number of carbonyl (C=O) groups is 1. The summed E-state index contributed by atoms with van der Waals surface area (Å²) in [6, 6.07) is 11.9. The number of amides is 1. The molecule has 0 saturated heterocycles. The molecule has 3 rings (SSSR count). The van der Waals surface area contributed by atoms with E-state index in [9.17, 15) is 13.6 Å². The van der Waals surface area contributed by atoms with Crippen molar-refractivity contribution >= 4 is 23.1 Å². The van der Waals surface area contributed by atoms with E-state index in [0.29, 0.717) is 23.1 Å². The average Bonchev–Trinajstić information content (AvgIpc) is 2.65. The molecule has 0 atom stereocenters. The van der Waals surface area contributed by atoms with E-state index in [1.165, 1.54) is 12.1 Å². The number of halogens is 2. The lowest BCUT2D eigenvalue weighted by Crippen LogP contribution is -2.15. The molecular formula is C21H20F2N4O2. The molecule has 0 aliphatic rings. The SMILES string of the molecule is Cc1nc(Nc2ccccc2OC(C)C)cc(C(=O)Nc2ccc(F)c(F)c2)n1. The van der Waals surface area contributed by atoms with Gasteiger partial charge in [0.15, 0.2) is 11.6 Å². The Morgan fingerprint density at radius 3 is 2.52 bits per heavy atom. The molecule has 1 amide bonds. The Labute approximate surface area is 167 Å². The molecule has 1 heterocycles. The Hall–Kier alpha value is -3.55. The molecule has 2 aromatic carbocycles. The van der Waals surface area contributed by atoms with Crippen LogP contribution < -0.4 is 15.4 Å². The van der Waals surface area contributed by atoms with Crippen molar-refractivity contribution in [3.05, 3.63) is 71.7 Å². The smallest absolute Gasteiger partial charge is 0.274 e. The molecule has 0 radical (unpaired) electrons. The van der Waals surface area contributed by atoms with E-state index in [1.54, 1.807) is 6.92 Å². The van der Waals surface area contributed by atoms with E-state index in [0.717, 1.165) is 12.1 Å². The van der Waals surface area contributed by atoms with Crippen LogP contribution in [0.2, 0.25) is 0 Å². The lowest BCUT2D eigenvalue weighted by Gasteiger charge is -2.15. The minimum atomic E-state index is -1.05. The van der Waals surface area contributed by atoms with Gasteiger partial charge in [0.2, 0.25) is 0 Å². The molecule has 0 fully saturated rings. The van der Waals surface area contributed by atoms with Crippen LogP contribution >= 0.6 is 0 Å². The van der Waals surface area contributed by atoms with Crippen molar-refractivity contribution in [3.8, 4) is 5.75 Å². The number of benzene rings is 2. The molecule has 0 unspecified atom stereocenters. The molecular weight excluding hydrogens is 378 g/mol. The van der Waals surface area contributed by atoms with Crippen molar-refractivity contribution in [1.82, 2.24) is 9.97 Å². The molecule has 0 saturated carbocycles. The Kier molecular flexibility index (Phi) is 6.01. The Morgan fingerprint density at radius 1 is 1.03 bits per heavy atom. The highest BCUT2D eigenvalue weighted by Crippen LogP contribution is 2.28. The second kappa shape index (κ2) is 8.64. The molecule has 6 nitrogen and oxygen atoms in total. The van der Waals surface area contributed by atoms with Gasteiger partial charge in [0, 0.05) is 17.8 Å². The highest BCUT2D eigenvalue weighted by Gasteiger charge is 2.14. The molecule has 0 spiro atoms. The minimum Gasteiger partial charge on any atom is -0.489 e. The van der Waals surface area contributed by atoms with Gasteiger partial charge in [0.25, 0.3) is 5.91 Å². The van der Waals surface area contributed by atoms with E-state index < -0.39 is 17.5 Å². The number of nitrogens with one attached hydrogen (secondary N) is 2. The van der Waals surface area contributed by atoms with Crippen LogP contribution in [-0.2, 0) is 0 Å². The van der Waals surface area contributed by atoms with Crippen molar-refractivity contribution in [2.24, 2.45) is 0 Å². The maximum atomic E-state index is 13.4. The van der Waals surface area contributed by atoms with Gasteiger partial charge in [0.05, 0.1) is 11.8 Å². The molecule has 8 heteroatoms. The second-order valence-corrected chi connectivity index (χ2v) is 6.56. The summed E-state index contributed by atoms with van der Waals surface area (Å²) < 4.78 is 32.2. The third-order valence-electron chi connectivity index (χ3n) is 3.76. The predicted octanol–water partition coefficient (Wildman–Crippen LogP) is 4.85. The molecule has 1 aromatic heterocycles. The summed E-state index contributed by atoms with van der Waals surface area (Å²) in [4.78, 5) is 20.9. The first-order chi connectivity index (χ1) is 13.8. The van der Waals surface area contributed by atoms with Gasteiger partial charge in [-0.2, -0.15) is 0 Å². The van der Waals surface area contributed by atoms with Gasteiger partial charge in [-0.1, -0.05) is 12.1 Å². The first-order valence-electron chi connectivity index (χ1n) is 8.96. The van der Waals surface area contributed by atoms with Gasteiger partial charge in [0.1, 0.15) is 23.1 Å². The zero-order chi connectivity index (χ0) is 21.0. The normalized spacial score (nSPS) is 10.7. The fraction of sp³-hybridized carbons (Fsp3) is 0.190. The van der Waals surface area contributed by atoms with E-state index in [4.69, 9.17) is 4.74 Å². The number of carbonyl (C=O) groups excluding carboxylic acids is 1. The molecule has 29 heavy (non-hydrogen) atoms. The zero-order valence-electron chi connectivity index (χ0n) is 16.2. The summed E-state index contributed by atoms with van der Waals surface area (Å²) in [7, 11) is 0. The quantitative estimate of drug-likeness (QED) is 0.621. The summed E-state index contributed by atoms with van der Waals surface area (Å²) in [5.74, 6) is -1.20. The first kappa shape index (κ1) is 20.2. The maximum absolute atomic E-state index is 13.4. The Morgan fingerprint density at radius 2 is 1.79 bits per heavy atom. The largest absolute Gasteiger partial charge is 0.489 e. The van der Waals surface area contributed by atoms with E-state index in [2.05, 4.69) is 20.6 Å². The molecule has 0 aliphatic heterocycles. The maximum Gasteiger partial charge on any atom is 0.274 e. The van der Waals surface area contributed by atoms with Crippen LogP contribution in [-0.4, -0.2) is 22.0 Å². The first-order valence-corrected chi connectivity index (χ1v) is 8.96. The van der Waals surface area contributed by atoms with Gasteiger partial charge in [-0.3, -0.25) is 4.79 Å². The molecule has 0 aliphatic carbocycles. The number of hydrogen-bond donors (Lipinski definition) is 2. The van der Waals surface area contributed by atoms with Crippen LogP contribution in [0.25, 0.3) is 0 Å². The van der Waals surface area contributed by atoms with Crippen LogP contribution in [0.1, 0.15) is 30.2 Å². The highest BCUT2D eigenvalue weighted by molar-refractivity contribution is 6.03. The third kappa shape index (κ3) is 5.25. The standard InChI is InChI=1S/C21H20F2N4O2/c1-12(2)29-19-7-5-4-6-17(19)27-20-11-18(24-13(3)25-20)21(28)26-14-8-9-15(22)16(23)10-14/h4-12H,1-3H3,(H,26,28)(H,24,25,27). The van der Waals surface area contributed by atoms with Crippen molar-refractivity contribution in [2.45, 2.75) is 26.9 Å². The van der Waals surface area contributed by atoms with Crippen molar-refractivity contribution in [3.63, 3.8) is 0 Å². The number of nitrogens with zero attached hydrogens (tertiary/aromatic N) is 2. The van der Waals surface area contributed by atoms with Crippen LogP contribution in [0, 0.1) is 18.6 Å². The number of ether oxygens (including phenoxy) is 1. The summed E-state index contributed by atoms with van der Waals surface area (Å²) in [6.45, 7) is 5.49. The number of para-hydroxylation sites is 2. The van der Waals surface area contributed by atoms with Gasteiger partial charge in [-0.05, 0) is 45.0 Å². The monoisotopic (exact) mass is 398 g/mol. The lowest BCUT2D eigenvalue weighted by atomic mass is 10.2. The van der Waals surface area contributed by atoms with Crippen molar-refractivity contribution in [1.29, 1.82) is 0 Å².